The number of methoxy groups -OCH3 is 2. The topological polar surface area (TPSA) is 147 Å². The highest BCUT2D eigenvalue weighted by atomic mass is 32.2. The number of amides is 2. The minimum absolute atomic E-state index is 0.0443. The molecule has 0 aliphatic carbocycles. The molecule has 1 N–H and O–H groups in total. The van der Waals surface area contributed by atoms with Gasteiger partial charge >= 0.3 is 0 Å². The molecule has 66 heavy (non-hydrogen) atoms. The second-order valence-electron chi connectivity index (χ2n) is 15.2. The fraction of sp³-hybridized carbons (Fsp3) is 0.176. The lowest BCUT2D eigenvalue weighted by molar-refractivity contribution is -0.145. The standard InChI is InChI=1S/C51H43N5O8S2/c1-59-37-22-18-33(19-23-37)29-61-40-26-27-52-42(46(40)62-30-34-20-24-38(60-2)25-21-34)48-55-54-47(64-48)39-31-66-50-43(53-41(57)28-32-12-6-3-7-13-32)49(58)56(50)44(39)51(65)63-45(35-14-8-4-9-15-35)36-16-10-5-11-17-36/h3-27,43,45,50H,28-31H2,1-2H3,(H,53,57)/t43-,50-/m1/s1. The number of hydrogen-bond donors (Lipinski definition) is 1. The van der Waals surface area contributed by atoms with Crippen LogP contribution in [0.2, 0.25) is 0 Å². The maximum atomic E-state index is 14.3. The first-order chi connectivity index (χ1) is 32.4. The number of hydrogen-bond acceptors (Lipinski definition) is 13. The van der Waals surface area contributed by atoms with Gasteiger partial charge in [0.05, 0.1) is 26.2 Å². The van der Waals surface area contributed by atoms with E-state index in [1.54, 1.807) is 31.4 Å². The average Bonchev–Trinajstić information content (AvgIpc) is 3.87. The highest BCUT2D eigenvalue weighted by molar-refractivity contribution is 8.00. The quantitative estimate of drug-likeness (QED) is 0.0686. The zero-order valence-electron chi connectivity index (χ0n) is 35.9. The number of ether oxygens (including phenoxy) is 5. The van der Waals surface area contributed by atoms with Gasteiger partial charge in [-0.3, -0.25) is 14.5 Å². The van der Waals surface area contributed by atoms with Gasteiger partial charge in [-0.25, -0.2) is 4.98 Å². The van der Waals surface area contributed by atoms with E-state index in [0.29, 0.717) is 28.5 Å². The van der Waals surface area contributed by atoms with Crippen LogP contribution in [0.15, 0.2) is 162 Å². The Hall–Kier alpha value is -7.49. The molecule has 4 heterocycles. The maximum Gasteiger partial charge on any atom is 0.270 e. The Bertz CT molecular complexity index is 2810. The third kappa shape index (κ3) is 9.62. The predicted octanol–water partition coefficient (Wildman–Crippen LogP) is 8.79. The van der Waals surface area contributed by atoms with Gasteiger partial charge in [0.1, 0.15) is 47.9 Å². The van der Waals surface area contributed by atoms with E-state index in [-0.39, 0.29) is 59.7 Å². The van der Waals surface area contributed by atoms with Crippen molar-refractivity contribution in [2.45, 2.75) is 37.2 Å². The molecule has 15 heteroatoms. The summed E-state index contributed by atoms with van der Waals surface area (Å²) in [6, 6.07) is 44.8. The van der Waals surface area contributed by atoms with Crippen molar-refractivity contribution < 1.29 is 37.7 Å². The molecule has 9 rings (SSSR count). The molecule has 0 saturated carbocycles. The molecule has 0 radical (unpaired) electrons. The summed E-state index contributed by atoms with van der Waals surface area (Å²) in [5.41, 5.74) is 5.36. The molecule has 1 saturated heterocycles. The molecule has 0 spiro atoms. The number of thioether (sulfide) groups is 1. The fourth-order valence-electron chi connectivity index (χ4n) is 7.56. The second-order valence-corrected chi connectivity index (χ2v) is 16.7. The molecular formula is C51H43N5O8S2. The van der Waals surface area contributed by atoms with Gasteiger partial charge in [-0.05, 0) is 64.3 Å². The number of fused-ring (bicyclic) bond motifs is 1. The minimum atomic E-state index is -0.793. The number of benzene rings is 5. The van der Waals surface area contributed by atoms with Gasteiger partial charge in [0.15, 0.2) is 17.2 Å². The number of carbonyl (C=O) groups excluding carboxylic acids is 2. The molecule has 0 bridgehead atoms. The first-order valence-electron chi connectivity index (χ1n) is 21.0. The SMILES string of the molecule is COc1ccc(COc2ccnc(-c3nnc(C4=C(C(=S)OC(c5ccccc5)c5ccccc5)N5C(=O)[C@@H](NC(=O)Cc6ccccc6)[C@H]5SC4)o3)c2OCc2ccc(OC)cc2)cc1. The normalized spacial score (nSPS) is 15.4. The van der Waals surface area contributed by atoms with E-state index < -0.39 is 17.5 Å². The highest BCUT2D eigenvalue weighted by Crippen LogP contribution is 2.45. The number of pyridine rings is 1. The summed E-state index contributed by atoms with van der Waals surface area (Å²) < 4.78 is 36.7. The van der Waals surface area contributed by atoms with Gasteiger partial charge in [-0.1, -0.05) is 115 Å². The molecule has 2 aliphatic rings. The highest BCUT2D eigenvalue weighted by Gasteiger charge is 2.54. The summed E-state index contributed by atoms with van der Waals surface area (Å²) in [5.74, 6) is 1.95. The Labute approximate surface area is 390 Å². The average molecular weight is 918 g/mol. The summed E-state index contributed by atoms with van der Waals surface area (Å²) in [7, 11) is 3.23. The lowest BCUT2D eigenvalue weighted by Gasteiger charge is -2.50. The number of carbonyl (C=O) groups is 2. The van der Waals surface area contributed by atoms with Crippen molar-refractivity contribution >= 4 is 46.4 Å². The van der Waals surface area contributed by atoms with Gasteiger partial charge in [0, 0.05) is 18.0 Å². The van der Waals surface area contributed by atoms with Crippen LogP contribution >= 0.6 is 24.0 Å². The molecule has 2 aromatic heterocycles. The molecular weight excluding hydrogens is 875 g/mol. The number of β-lactam (4-membered cyclic amide) rings is 1. The second kappa shape index (κ2) is 20.1. The van der Waals surface area contributed by atoms with Crippen molar-refractivity contribution in [3.05, 3.63) is 191 Å². The Morgan fingerprint density at radius 1 is 0.758 bits per heavy atom. The summed E-state index contributed by atoms with van der Waals surface area (Å²) in [4.78, 5) is 33.7. The van der Waals surface area contributed by atoms with E-state index in [1.165, 1.54) is 11.8 Å². The zero-order chi connectivity index (χ0) is 45.4. The molecule has 5 aromatic carbocycles. The van der Waals surface area contributed by atoms with E-state index in [9.17, 15) is 9.59 Å². The van der Waals surface area contributed by atoms with Crippen molar-refractivity contribution in [3.63, 3.8) is 0 Å². The first-order valence-corrected chi connectivity index (χ1v) is 22.5. The van der Waals surface area contributed by atoms with Crippen LogP contribution < -0.4 is 24.3 Å². The van der Waals surface area contributed by atoms with Gasteiger partial charge in [-0.2, -0.15) is 0 Å². The van der Waals surface area contributed by atoms with Crippen LogP contribution in [0, 0.1) is 0 Å². The van der Waals surface area contributed by atoms with Crippen LogP contribution in [-0.4, -0.2) is 68.3 Å². The van der Waals surface area contributed by atoms with Crippen LogP contribution in [-0.2, 0) is 34.0 Å². The Balaban J connectivity index is 1.06. The third-order valence-corrected chi connectivity index (χ3v) is 12.5. The molecule has 1 fully saturated rings. The predicted molar refractivity (Wildman–Crippen MR) is 253 cm³/mol. The van der Waals surface area contributed by atoms with Crippen LogP contribution in [0.4, 0.5) is 0 Å². The summed E-state index contributed by atoms with van der Waals surface area (Å²) in [5, 5.41) is 11.5. The van der Waals surface area contributed by atoms with Gasteiger partial charge in [0.25, 0.3) is 11.8 Å². The van der Waals surface area contributed by atoms with Crippen molar-refractivity contribution in [2.75, 3.05) is 20.0 Å². The maximum absolute atomic E-state index is 14.3. The van der Waals surface area contributed by atoms with Crippen molar-refractivity contribution in [1.29, 1.82) is 0 Å². The Kier molecular flexibility index (Phi) is 13.3. The largest absolute Gasteiger partial charge is 0.497 e. The summed E-state index contributed by atoms with van der Waals surface area (Å²) in [6.45, 7) is 0.379. The van der Waals surface area contributed by atoms with Crippen LogP contribution in [0.5, 0.6) is 23.0 Å². The van der Waals surface area contributed by atoms with E-state index >= 15 is 0 Å². The van der Waals surface area contributed by atoms with Gasteiger partial charge in [-0.15, -0.1) is 22.0 Å². The Morgan fingerprint density at radius 3 is 1.94 bits per heavy atom. The lowest BCUT2D eigenvalue weighted by Crippen LogP contribution is -2.70. The molecule has 0 unspecified atom stereocenters. The van der Waals surface area contributed by atoms with Crippen LogP contribution in [0.3, 0.4) is 0 Å². The van der Waals surface area contributed by atoms with Crippen LogP contribution in [0.1, 0.15) is 39.8 Å². The monoisotopic (exact) mass is 917 g/mol. The van der Waals surface area contributed by atoms with Gasteiger partial charge in [0.2, 0.25) is 16.8 Å². The van der Waals surface area contributed by atoms with Crippen LogP contribution in [0.25, 0.3) is 17.2 Å². The zero-order valence-corrected chi connectivity index (χ0v) is 37.5. The van der Waals surface area contributed by atoms with E-state index in [0.717, 1.165) is 33.6 Å². The van der Waals surface area contributed by atoms with Crippen molar-refractivity contribution in [3.8, 4) is 34.6 Å². The summed E-state index contributed by atoms with van der Waals surface area (Å²) in [6.07, 6.45) is 1.09. The van der Waals surface area contributed by atoms with Crippen molar-refractivity contribution in [1.82, 2.24) is 25.4 Å². The number of aromatic nitrogens is 3. The minimum Gasteiger partial charge on any atom is -0.497 e. The number of thiocarbonyl (C=S) groups is 1. The fourth-order valence-corrected chi connectivity index (χ4v) is 9.21. The van der Waals surface area contributed by atoms with Crippen molar-refractivity contribution in [2.24, 2.45) is 0 Å². The van der Waals surface area contributed by atoms with Gasteiger partial charge < -0.3 is 33.4 Å². The number of rotatable bonds is 17. The van der Waals surface area contributed by atoms with E-state index in [4.69, 9.17) is 40.3 Å². The Morgan fingerprint density at radius 2 is 1.33 bits per heavy atom. The third-order valence-electron chi connectivity index (χ3n) is 11.0. The molecule has 2 amide bonds. The molecule has 332 valence electrons. The molecule has 2 aliphatic heterocycles. The molecule has 13 nitrogen and oxygen atoms in total. The molecule has 2 atom stereocenters. The van der Waals surface area contributed by atoms with E-state index in [1.807, 2.05) is 140 Å². The number of nitrogens with one attached hydrogen (secondary N) is 1. The smallest absolute Gasteiger partial charge is 0.270 e. The van der Waals surface area contributed by atoms with E-state index in [2.05, 4.69) is 20.5 Å². The lowest BCUT2D eigenvalue weighted by atomic mass is 10.0. The summed E-state index contributed by atoms with van der Waals surface area (Å²) >= 11 is 7.60. The first kappa shape index (κ1) is 43.7. The molecule has 7 aromatic rings. The number of nitrogens with zero attached hydrogens (tertiary/aromatic N) is 4.